The monoisotopic (exact) mass is 436 g/mol. The Morgan fingerprint density at radius 1 is 0.909 bits per heavy atom. The molecule has 0 amide bonds. The first kappa shape index (κ1) is 20.1. The fourth-order valence-corrected chi connectivity index (χ4v) is 4.85. The Morgan fingerprint density at radius 2 is 1.73 bits per heavy atom. The molecule has 0 atom stereocenters. The van der Waals surface area contributed by atoms with Crippen molar-refractivity contribution in [3.8, 4) is 16.9 Å². The Labute approximate surface area is 194 Å². The smallest absolute Gasteiger partial charge is 0.298 e. The van der Waals surface area contributed by atoms with Crippen LogP contribution < -0.4 is 9.64 Å². The largest absolute Gasteiger partial charge is 0.482 e. The van der Waals surface area contributed by atoms with Gasteiger partial charge in [-0.15, -0.1) is 0 Å². The standard InChI is InChI=1S/C29H28N2O2/c1-20(2)22-8-11-27-25(19-22)30-28(32-27)31-16-14-29(15-17-31)13-12-24-18-23(9-10-26(24)33-29)21-6-4-3-5-7-21/h3-13,18-20H,14-17H2,1-2H3. The molecule has 1 fully saturated rings. The minimum absolute atomic E-state index is 0.255. The van der Waals surface area contributed by atoms with Gasteiger partial charge in [0.1, 0.15) is 16.9 Å². The fourth-order valence-electron chi connectivity index (χ4n) is 4.85. The van der Waals surface area contributed by atoms with Gasteiger partial charge in [0, 0.05) is 31.5 Å². The molecule has 0 unspecified atom stereocenters. The summed E-state index contributed by atoms with van der Waals surface area (Å²) < 4.78 is 12.7. The van der Waals surface area contributed by atoms with Crippen LogP contribution in [0.3, 0.4) is 0 Å². The zero-order valence-corrected chi connectivity index (χ0v) is 19.1. The molecule has 0 radical (unpaired) electrons. The van der Waals surface area contributed by atoms with Gasteiger partial charge in [0.15, 0.2) is 5.58 Å². The van der Waals surface area contributed by atoms with Crippen LogP contribution in [0.2, 0.25) is 0 Å². The topological polar surface area (TPSA) is 38.5 Å². The quantitative estimate of drug-likeness (QED) is 0.344. The van der Waals surface area contributed by atoms with E-state index in [9.17, 15) is 0 Å². The summed E-state index contributed by atoms with van der Waals surface area (Å²) in [6.45, 7) is 6.10. The molecule has 2 aliphatic rings. The van der Waals surface area contributed by atoms with Crippen molar-refractivity contribution in [2.75, 3.05) is 18.0 Å². The van der Waals surface area contributed by atoms with Crippen molar-refractivity contribution in [1.29, 1.82) is 0 Å². The molecule has 4 nitrogen and oxygen atoms in total. The molecule has 1 saturated heterocycles. The van der Waals surface area contributed by atoms with Crippen molar-refractivity contribution in [2.24, 2.45) is 0 Å². The summed E-state index contributed by atoms with van der Waals surface area (Å²) in [4.78, 5) is 7.03. The summed E-state index contributed by atoms with van der Waals surface area (Å²) >= 11 is 0. The molecule has 0 bridgehead atoms. The van der Waals surface area contributed by atoms with E-state index in [2.05, 4.69) is 85.5 Å². The molecule has 3 aromatic carbocycles. The Morgan fingerprint density at radius 3 is 2.52 bits per heavy atom. The number of benzene rings is 3. The van der Waals surface area contributed by atoms with Crippen LogP contribution in [0, 0.1) is 0 Å². The molecule has 4 heteroatoms. The predicted octanol–water partition coefficient (Wildman–Crippen LogP) is 7.06. The summed E-state index contributed by atoms with van der Waals surface area (Å²) in [6.07, 6.45) is 6.29. The van der Waals surface area contributed by atoms with E-state index in [1.807, 2.05) is 12.1 Å². The molecular formula is C29H28N2O2. The lowest BCUT2D eigenvalue weighted by atomic mass is 9.87. The van der Waals surface area contributed by atoms with Crippen LogP contribution >= 0.6 is 0 Å². The number of piperidine rings is 1. The highest BCUT2D eigenvalue weighted by molar-refractivity contribution is 5.76. The lowest BCUT2D eigenvalue weighted by Crippen LogP contribution is -2.47. The molecule has 4 aromatic rings. The van der Waals surface area contributed by atoms with Gasteiger partial charge in [-0.25, -0.2) is 0 Å². The van der Waals surface area contributed by atoms with Crippen molar-refractivity contribution in [2.45, 2.75) is 38.2 Å². The highest BCUT2D eigenvalue weighted by Crippen LogP contribution is 2.39. The third-order valence-electron chi connectivity index (χ3n) is 6.94. The van der Waals surface area contributed by atoms with Crippen LogP contribution in [0.25, 0.3) is 28.3 Å². The molecule has 0 N–H and O–H groups in total. The molecular weight excluding hydrogens is 408 g/mol. The van der Waals surface area contributed by atoms with E-state index in [4.69, 9.17) is 14.1 Å². The first-order valence-corrected chi connectivity index (χ1v) is 11.8. The first-order chi connectivity index (χ1) is 16.1. The second kappa shape index (κ2) is 7.80. The molecule has 33 heavy (non-hydrogen) atoms. The van der Waals surface area contributed by atoms with Crippen molar-refractivity contribution in [3.05, 3.63) is 83.9 Å². The summed E-state index contributed by atoms with van der Waals surface area (Å²) in [5.41, 5.74) is 6.40. The van der Waals surface area contributed by atoms with E-state index in [1.165, 1.54) is 16.7 Å². The van der Waals surface area contributed by atoms with Crippen molar-refractivity contribution >= 4 is 23.2 Å². The number of ether oxygens (including phenoxy) is 1. The summed E-state index contributed by atoms with van der Waals surface area (Å²) in [5.74, 6) is 1.44. The van der Waals surface area contributed by atoms with Crippen molar-refractivity contribution in [1.82, 2.24) is 4.98 Å². The zero-order chi connectivity index (χ0) is 22.4. The van der Waals surface area contributed by atoms with Gasteiger partial charge in [-0.1, -0.05) is 62.4 Å². The highest BCUT2D eigenvalue weighted by Gasteiger charge is 2.37. The van der Waals surface area contributed by atoms with E-state index >= 15 is 0 Å². The molecule has 2 aliphatic heterocycles. The van der Waals surface area contributed by atoms with Crippen molar-refractivity contribution < 1.29 is 9.15 Å². The van der Waals surface area contributed by atoms with E-state index in [0.717, 1.165) is 48.3 Å². The number of rotatable bonds is 3. The maximum absolute atomic E-state index is 6.57. The van der Waals surface area contributed by atoms with E-state index < -0.39 is 0 Å². The first-order valence-electron chi connectivity index (χ1n) is 11.8. The van der Waals surface area contributed by atoms with Gasteiger partial charge in [0.25, 0.3) is 6.01 Å². The van der Waals surface area contributed by atoms with E-state index in [0.29, 0.717) is 11.9 Å². The number of anilines is 1. The Balaban J connectivity index is 1.18. The molecule has 3 heterocycles. The van der Waals surface area contributed by atoms with Gasteiger partial charge in [-0.3, -0.25) is 0 Å². The molecule has 1 aromatic heterocycles. The zero-order valence-electron chi connectivity index (χ0n) is 19.1. The second-order valence-corrected chi connectivity index (χ2v) is 9.48. The maximum atomic E-state index is 6.57. The molecule has 0 aliphatic carbocycles. The lowest BCUT2D eigenvalue weighted by Gasteiger charge is -2.41. The summed E-state index contributed by atoms with van der Waals surface area (Å²) in [5, 5.41) is 0. The normalized spacial score (nSPS) is 16.9. The van der Waals surface area contributed by atoms with Gasteiger partial charge in [0.2, 0.25) is 0 Å². The molecule has 166 valence electrons. The molecule has 0 saturated carbocycles. The van der Waals surface area contributed by atoms with Gasteiger partial charge in [-0.05, 0) is 52.9 Å². The Kier molecular flexibility index (Phi) is 4.75. The number of oxazole rings is 1. The SMILES string of the molecule is CC(C)c1ccc2oc(N3CCC4(C=Cc5cc(-c6ccccc6)ccc5O4)CC3)nc2c1. The van der Waals surface area contributed by atoms with Gasteiger partial charge in [0.05, 0.1) is 0 Å². The van der Waals surface area contributed by atoms with Crippen LogP contribution in [0.15, 0.2) is 77.2 Å². The third-order valence-corrected chi connectivity index (χ3v) is 6.94. The van der Waals surface area contributed by atoms with Crippen LogP contribution in [0.4, 0.5) is 6.01 Å². The summed E-state index contributed by atoms with van der Waals surface area (Å²) in [6, 6.07) is 24.0. The average molecular weight is 437 g/mol. The van der Waals surface area contributed by atoms with E-state index in [-0.39, 0.29) is 5.60 Å². The number of nitrogens with zero attached hydrogens (tertiary/aromatic N) is 2. The minimum atomic E-state index is -0.255. The second-order valence-electron chi connectivity index (χ2n) is 9.48. The minimum Gasteiger partial charge on any atom is -0.482 e. The fraction of sp³-hybridized carbons (Fsp3) is 0.276. The number of fused-ring (bicyclic) bond motifs is 2. The van der Waals surface area contributed by atoms with Crippen molar-refractivity contribution in [3.63, 3.8) is 0 Å². The van der Waals surface area contributed by atoms with Crippen LogP contribution in [-0.2, 0) is 0 Å². The lowest BCUT2D eigenvalue weighted by molar-refractivity contribution is 0.0883. The van der Waals surface area contributed by atoms with Gasteiger partial charge in [-0.2, -0.15) is 4.98 Å². The summed E-state index contributed by atoms with van der Waals surface area (Å²) in [7, 11) is 0. The van der Waals surface area contributed by atoms with Crippen LogP contribution in [0.5, 0.6) is 5.75 Å². The number of hydrogen-bond acceptors (Lipinski definition) is 4. The van der Waals surface area contributed by atoms with Gasteiger partial charge < -0.3 is 14.1 Å². The number of hydrogen-bond donors (Lipinski definition) is 0. The Bertz CT molecular complexity index is 1330. The highest BCUT2D eigenvalue weighted by atomic mass is 16.5. The van der Waals surface area contributed by atoms with Gasteiger partial charge >= 0.3 is 0 Å². The maximum Gasteiger partial charge on any atom is 0.298 e. The average Bonchev–Trinajstić information content (AvgIpc) is 3.28. The van der Waals surface area contributed by atoms with Crippen LogP contribution in [-0.4, -0.2) is 23.7 Å². The predicted molar refractivity (Wildman–Crippen MR) is 134 cm³/mol. The van der Waals surface area contributed by atoms with E-state index in [1.54, 1.807) is 0 Å². The molecule has 6 rings (SSSR count). The number of aromatic nitrogens is 1. The third kappa shape index (κ3) is 3.70. The van der Waals surface area contributed by atoms with Crippen LogP contribution in [0.1, 0.15) is 43.7 Å². The Hall–Kier alpha value is -3.53. The molecule has 1 spiro atoms.